The quantitative estimate of drug-likeness (QED) is 0.671. The fourth-order valence-electron chi connectivity index (χ4n) is 2.84. The highest BCUT2D eigenvalue weighted by Crippen LogP contribution is 2.42. The third kappa shape index (κ3) is 3.44. The molecule has 24 heavy (non-hydrogen) atoms. The second-order valence-corrected chi connectivity index (χ2v) is 7.78. The number of H-pyrrole nitrogens is 1. The third-order valence-corrected chi connectivity index (χ3v) is 4.26. The van der Waals surface area contributed by atoms with Crippen molar-refractivity contribution in [2.24, 2.45) is 0 Å². The molecule has 0 spiro atoms. The van der Waals surface area contributed by atoms with E-state index >= 15 is 0 Å². The molecule has 0 amide bonds. The van der Waals surface area contributed by atoms with Gasteiger partial charge in [-0.25, -0.2) is 4.79 Å². The Balaban J connectivity index is 1.90. The molecule has 11 heteroatoms. The van der Waals surface area contributed by atoms with E-state index in [1.54, 1.807) is 13.8 Å². The zero-order valence-electron chi connectivity index (χ0n) is 13.3. The Bertz CT molecular complexity index is 842. The van der Waals surface area contributed by atoms with Crippen molar-refractivity contribution in [1.82, 2.24) is 9.55 Å². The van der Waals surface area contributed by atoms with Crippen LogP contribution in [-0.2, 0) is 28.5 Å². The van der Waals surface area contributed by atoms with Crippen LogP contribution < -0.4 is 11.2 Å². The van der Waals surface area contributed by atoms with Crippen LogP contribution in [0.4, 0.5) is 0 Å². The van der Waals surface area contributed by atoms with Crippen molar-refractivity contribution in [3.63, 3.8) is 0 Å². The minimum atomic E-state index is -3.66. The molecule has 4 atom stereocenters. The molecule has 10 nitrogen and oxygen atoms in total. The second kappa shape index (κ2) is 5.77. The molecule has 0 aliphatic carbocycles. The molecule has 1 aromatic heterocycles. The van der Waals surface area contributed by atoms with Crippen LogP contribution in [0.1, 0.15) is 20.1 Å². The Kier molecular flexibility index (Phi) is 4.16. The first-order valence-electron chi connectivity index (χ1n) is 7.23. The van der Waals surface area contributed by atoms with E-state index in [9.17, 15) is 18.0 Å². The molecule has 134 valence electrons. The molecule has 0 saturated carbocycles. The molecule has 0 radical (unpaired) electrons. The van der Waals surface area contributed by atoms with E-state index in [1.807, 2.05) is 0 Å². The Morgan fingerprint density at radius 2 is 1.96 bits per heavy atom. The molecular weight excluding hydrogens is 344 g/mol. The van der Waals surface area contributed by atoms with Crippen molar-refractivity contribution < 1.29 is 26.8 Å². The van der Waals surface area contributed by atoms with Gasteiger partial charge in [0.1, 0.15) is 18.3 Å². The SMILES string of the molecule is CC1(C)O[C@@H]2[C@H](O1)[C@@H](COS(C)(=O)=O)O[C@@H]2n1ccc(=O)[nH]c1=O. The number of fused-ring (bicyclic) bond motifs is 1. The van der Waals surface area contributed by atoms with Crippen molar-refractivity contribution in [3.8, 4) is 0 Å². The average Bonchev–Trinajstić information content (AvgIpc) is 2.90. The maximum atomic E-state index is 12.0. The summed E-state index contributed by atoms with van der Waals surface area (Å²) in [5, 5.41) is 0. The predicted molar refractivity (Wildman–Crippen MR) is 79.9 cm³/mol. The smallest absolute Gasteiger partial charge is 0.330 e. The van der Waals surface area contributed by atoms with Gasteiger partial charge in [-0.05, 0) is 13.8 Å². The maximum absolute atomic E-state index is 12.0. The van der Waals surface area contributed by atoms with Crippen molar-refractivity contribution in [2.45, 2.75) is 44.2 Å². The normalized spacial score (nSPS) is 32.0. The van der Waals surface area contributed by atoms with Crippen molar-refractivity contribution in [1.29, 1.82) is 0 Å². The Morgan fingerprint density at radius 1 is 1.29 bits per heavy atom. The number of aromatic nitrogens is 2. The van der Waals surface area contributed by atoms with Crippen LogP contribution in [0.3, 0.4) is 0 Å². The topological polar surface area (TPSA) is 126 Å². The molecule has 0 bridgehead atoms. The van der Waals surface area contributed by atoms with Gasteiger partial charge < -0.3 is 14.2 Å². The number of ether oxygens (including phenoxy) is 3. The van der Waals surface area contributed by atoms with Gasteiger partial charge in [0.05, 0.1) is 12.9 Å². The van der Waals surface area contributed by atoms with Gasteiger partial charge in [-0.1, -0.05) is 0 Å². The van der Waals surface area contributed by atoms with Crippen LogP contribution in [0.5, 0.6) is 0 Å². The molecule has 0 unspecified atom stereocenters. The molecule has 2 fully saturated rings. The lowest BCUT2D eigenvalue weighted by atomic mass is 10.1. The highest BCUT2D eigenvalue weighted by atomic mass is 32.2. The zero-order chi connectivity index (χ0) is 17.7. The molecule has 1 N–H and O–H groups in total. The summed E-state index contributed by atoms with van der Waals surface area (Å²) in [5.74, 6) is -0.924. The van der Waals surface area contributed by atoms with Crippen LogP contribution in [0.2, 0.25) is 0 Å². The highest BCUT2D eigenvalue weighted by Gasteiger charge is 2.56. The first-order chi connectivity index (χ1) is 11.1. The van der Waals surface area contributed by atoms with Gasteiger partial charge >= 0.3 is 5.69 Å². The van der Waals surface area contributed by atoms with Crippen molar-refractivity contribution in [3.05, 3.63) is 33.1 Å². The second-order valence-electron chi connectivity index (χ2n) is 6.14. The largest absolute Gasteiger partial charge is 0.346 e. The molecule has 2 saturated heterocycles. The number of nitrogens with zero attached hydrogens (tertiary/aromatic N) is 1. The Morgan fingerprint density at radius 3 is 2.58 bits per heavy atom. The first-order valence-corrected chi connectivity index (χ1v) is 9.04. The van der Waals surface area contributed by atoms with E-state index in [0.717, 1.165) is 6.26 Å². The van der Waals surface area contributed by atoms with Gasteiger partial charge in [0, 0.05) is 12.3 Å². The number of hydrogen-bond acceptors (Lipinski definition) is 8. The number of rotatable bonds is 4. The van der Waals surface area contributed by atoms with Gasteiger partial charge in [-0.3, -0.25) is 18.5 Å². The standard InChI is InChI=1S/C13H18N2O8S/c1-13(2)22-9-7(6-20-24(3,18)19)21-11(10(9)23-13)15-5-4-8(16)14-12(15)17/h4-5,7,9-11H,6H2,1-3H3,(H,14,16,17)/t7-,9-,10-,11+/m1/s1. The minimum absolute atomic E-state index is 0.270. The van der Waals surface area contributed by atoms with Crippen LogP contribution in [-0.4, -0.2) is 54.9 Å². The molecule has 2 aliphatic rings. The summed E-state index contributed by atoms with van der Waals surface area (Å²) in [6.07, 6.45) is -0.691. The van der Waals surface area contributed by atoms with E-state index in [1.165, 1.54) is 16.8 Å². The van der Waals surface area contributed by atoms with Crippen LogP contribution in [0.15, 0.2) is 21.9 Å². The Hall–Kier alpha value is -1.53. The van der Waals surface area contributed by atoms with E-state index in [-0.39, 0.29) is 6.61 Å². The average molecular weight is 362 g/mol. The van der Waals surface area contributed by atoms with Crippen LogP contribution in [0, 0.1) is 0 Å². The number of aromatic amines is 1. The molecule has 3 rings (SSSR count). The lowest BCUT2D eigenvalue weighted by Crippen LogP contribution is -2.37. The molecular formula is C13H18N2O8S. The first kappa shape index (κ1) is 17.3. The van der Waals surface area contributed by atoms with Gasteiger partial charge in [0.25, 0.3) is 15.7 Å². The Labute approximate surface area is 137 Å². The lowest BCUT2D eigenvalue weighted by molar-refractivity contribution is -0.199. The summed E-state index contributed by atoms with van der Waals surface area (Å²) in [7, 11) is -3.66. The maximum Gasteiger partial charge on any atom is 0.330 e. The van der Waals surface area contributed by atoms with Crippen molar-refractivity contribution >= 4 is 10.1 Å². The summed E-state index contributed by atoms with van der Waals surface area (Å²) in [5.41, 5.74) is -1.20. The summed E-state index contributed by atoms with van der Waals surface area (Å²) >= 11 is 0. The monoisotopic (exact) mass is 362 g/mol. The van der Waals surface area contributed by atoms with Gasteiger partial charge in [-0.15, -0.1) is 0 Å². The summed E-state index contributed by atoms with van der Waals surface area (Å²) in [6.45, 7) is 3.13. The fourth-order valence-corrected chi connectivity index (χ4v) is 3.22. The van der Waals surface area contributed by atoms with Crippen molar-refractivity contribution in [2.75, 3.05) is 12.9 Å². The summed E-state index contributed by atoms with van der Waals surface area (Å²) in [4.78, 5) is 25.4. The van der Waals surface area contributed by atoms with E-state index in [0.29, 0.717) is 0 Å². The summed E-state index contributed by atoms with van der Waals surface area (Å²) < 4.78 is 45.6. The minimum Gasteiger partial charge on any atom is -0.346 e. The predicted octanol–water partition coefficient (Wildman–Crippen LogP) is -1.07. The number of hydrogen-bond donors (Lipinski definition) is 1. The molecule has 2 aliphatic heterocycles. The lowest BCUT2D eigenvalue weighted by Gasteiger charge is -2.24. The number of nitrogens with one attached hydrogen (secondary N) is 1. The third-order valence-electron chi connectivity index (χ3n) is 3.70. The van der Waals surface area contributed by atoms with Gasteiger partial charge in [0.15, 0.2) is 12.0 Å². The van der Waals surface area contributed by atoms with Gasteiger partial charge in [0.2, 0.25) is 0 Å². The van der Waals surface area contributed by atoms with Crippen LogP contribution in [0.25, 0.3) is 0 Å². The highest BCUT2D eigenvalue weighted by molar-refractivity contribution is 7.85. The molecule has 0 aromatic carbocycles. The molecule has 1 aromatic rings. The van der Waals surface area contributed by atoms with Crippen LogP contribution >= 0.6 is 0 Å². The molecule has 3 heterocycles. The van der Waals surface area contributed by atoms with E-state index < -0.39 is 51.7 Å². The zero-order valence-corrected chi connectivity index (χ0v) is 14.1. The fraction of sp³-hybridized carbons (Fsp3) is 0.692. The van der Waals surface area contributed by atoms with E-state index in [4.69, 9.17) is 18.4 Å². The summed E-state index contributed by atoms with van der Waals surface area (Å²) in [6, 6.07) is 1.18. The van der Waals surface area contributed by atoms with Gasteiger partial charge in [-0.2, -0.15) is 8.42 Å². The van der Waals surface area contributed by atoms with E-state index in [2.05, 4.69) is 4.98 Å².